The topological polar surface area (TPSA) is 49.4 Å². The predicted octanol–water partition coefficient (Wildman–Crippen LogP) is 1.03. The van der Waals surface area contributed by atoms with E-state index in [0.717, 1.165) is 45.3 Å². The van der Waals surface area contributed by atoms with Crippen molar-refractivity contribution in [2.75, 3.05) is 31.1 Å². The normalized spacial score (nSPS) is 29.2. The molecule has 0 saturated carbocycles. The molecule has 0 radical (unpaired) electrons. The minimum atomic E-state index is -2.74. The molecule has 18 heavy (non-hydrogen) atoms. The van der Waals surface area contributed by atoms with Crippen molar-refractivity contribution in [1.82, 2.24) is 10.2 Å². The number of hydrogen-bond donors (Lipinski definition) is 1. The third-order valence-electron chi connectivity index (χ3n) is 4.80. The molecule has 2 fully saturated rings. The molecule has 4 nitrogen and oxygen atoms in total. The maximum atomic E-state index is 11.5. The van der Waals surface area contributed by atoms with Crippen LogP contribution in [0.25, 0.3) is 0 Å². The van der Waals surface area contributed by atoms with Gasteiger partial charge in [-0.2, -0.15) is 0 Å². The average molecular weight is 274 g/mol. The molecule has 0 aromatic heterocycles. The van der Waals surface area contributed by atoms with Crippen LogP contribution in [0.1, 0.15) is 39.5 Å². The van der Waals surface area contributed by atoms with Crippen molar-refractivity contribution in [1.29, 1.82) is 0 Å². The molecule has 0 spiro atoms. The standard InChI is InChI=1S/C13H26N2O2S/c1-3-13(4-2)11-15(8-7-14-13)12-5-9-18(16,17)10-6-12/h12,14H,3-11H2,1-2H3. The van der Waals surface area contributed by atoms with E-state index in [1.54, 1.807) is 0 Å². The van der Waals surface area contributed by atoms with Gasteiger partial charge in [0, 0.05) is 31.2 Å². The zero-order valence-corrected chi connectivity index (χ0v) is 12.4. The van der Waals surface area contributed by atoms with Crippen LogP contribution in [0.4, 0.5) is 0 Å². The average Bonchev–Trinajstić information content (AvgIpc) is 2.38. The molecule has 5 heteroatoms. The van der Waals surface area contributed by atoms with Gasteiger partial charge in [-0.15, -0.1) is 0 Å². The molecule has 0 unspecified atom stereocenters. The molecule has 0 aliphatic carbocycles. The maximum absolute atomic E-state index is 11.5. The highest BCUT2D eigenvalue weighted by Crippen LogP contribution is 2.25. The highest BCUT2D eigenvalue weighted by Gasteiger charge is 2.36. The monoisotopic (exact) mass is 274 g/mol. The molecule has 2 heterocycles. The molecule has 0 bridgehead atoms. The van der Waals surface area contributed by atoms with Gasteiger partial charge in [0.05, 0.1) is 11.5 Å². The van der Waals surface area contributed by atoms with Gasteiger partial charge in [-0.05, 0) is 25.7 Å². The molecule has 0 amide bonds. The van der Waals surface area contributed by atoms with Gasteiger partial charge >= 0.3 is 0 Å². The van der Waals surface area contributed by atoms with Crippen molar-refractivity contribution in [3.63, 3.8) is 0 Å². The number of rotatable bonds is 3. The van der Waals surface area contributed by atoms with Crippen LogP contribution >= 0.6 is 0 Å². The van der Waals surface area contributed by atoms with E-state index in [-0.39, 0.29) is 5.54 Å². The summed E-state index contributed by atoms with van der Waals surface area (Å²) in [4.78, 5) is 2.53. The van der Waals surface area contributed by atoms with Crippen LogP contribution in [0.3, 0.4) is 0 Å². The Morgan fingerprint density at radius 2 is 1.83 bits per heavy atom. The fourth-order valence-electron chi connectivity index (χ4n) is 3.27. The van der Waals surface area contributed by atoms with Gasteiger partial charge in [0.2, 0.25) is 0 Å². The van der Waals surface area contributed by atoms with Gasteiger partial charge in [-0.25, -0.2) is 8.42 Å². The zero-order valence-electron chi connectivity index (χ0n) is 11.6. The largest absolute Gasteiger partial charge is 0.309 e. The Balaban J connectivity index is 1.97. The zero-order chi connectivity index (χ0) is 13.2. The van der Waals surface area contributed by atoms with Crippen LogP contribution in [-0.4, -0.2) is 56.0 Å². The molecule has 0 aromatic rings. The lowest BCUT2D eigenvalue weighted by Crippen LogP contribution is -2.62. The molecule has 0 atom stereocenters. The summed E-state index contributed by atoms with van der Waals surface area (Å²) in [7, 11) is -2.74. The fraction of sp³-hybridized carbons (Fsp3) is 1.00. The van der Waals surface area contributed by atoms with Crippen LogP contribution in [0, 0.1) is 0 Å². The van der Waals surface area contributed by atoms with Crippen LogP contribution < -0.4 is 5.32 Å². The first kappa shape index (κ1) is 14.3. The number of piperazine rings is 1. The Kier molecular flexibility index (Phi) is 4.34. The van der Waals surface area contributed by atoms with Crippen molar-refractivity contribution in [2.45, 2.75) is 51.1 Å². The molecule has 0 aromatic carbocycles. The lowest BCUT2D eigenvalue weighted by atomic mass is 9.89. The second-order valence-electron chi connectivity index (χ2n) is 5.77. The first-order valence-electron chi connectivity index (χ1n) is 7.20. The van der Waals surface area contributed by atoms with Gasteiger partial charge in [-0.3, -0.25) is 4.90 Å². The molecule has 2 aliphatic heterocycles. The maximum Gasteiger partial charge on any atom is 0.150 e. The summed E-state index contributed by atoms with van der Waals surface area (Å²) in [5, 5.41) is 3.66. The third kappa shape index (κ3) is 3.06. The van der Waals surface area contributed by atoms with E-state index in [2.05, 4.69) is 24.1 Å². The van der Waals surface area contributed by atoms with Crippen molar-refractivity contribution in [3.05, 3.63) is 0 Å². The summed E-state index contributed by atoms with van der Waals surface area (Å²) in [6, 6.07) is 0.480. The number of sulfone groups is 1. The molecule has 1 N–H and O–H groups in total. The lowest BCUT2D eigenvalue weighted by Gasteiger charge is -2.46. The highest BCUT2D eigenvalue weighted by atomic mass is 32.2. The van der Waals surface area contributed by atoms with Gasteiger partial charge in [0.1, 0.15) is 9.84 Å². The Morgan fingerprint density at radius 1 is 1.22 bits per heavy atom. The Hall–Kier alpha value is -0.130. The third-order valence-corrected chi connectivity index (χ3v) is 6.51. The van der Waals surface area contributed by atoms with Crippen molar-refractivity contribution in [2.24, 2.45) is 0 Å². The quantitative estimate of drug-likeness (QED) is 0.835. The van der Waals surface area contributed by atoms with Gasteiger partial charge in [-0.1, -0.05) is 13.8 Å². The number of nitrogens with zero attached hydrogens (tertiary/aromatic N) is 1. The summed E-state index contributed by atoms with van der Waals surface area (Å²) < 4.78 is 23.0. The second-order valence-corrected chi connectivity index (χ2v) is 8.07. The molecule has 106 valence electrons. The number of hydrogen-bond acceptors (Lipinski definition) is 4. The van der Waals surface area contributed by atoms with Crippen molar-refractivity contribution >= 4 is 9.84 Å². The van der Waals surface area contributed by atoms with Gasteiger partial charge < -0.3 is 5.32 Å². The first-order valence-corrected chi connectivity index (χ1v) is 9.02. The minimum Gasteiger partial charge on any atom is -0.309 e. The van der Waals surface area contributed by atoms with E-state index in [1.807, 2.05) is 0 Å². The van der Waals surface area contributed by atoms with E-state index in [4.69, 9.17) is 0 Å². The van der Waals surface area contributed by atoms with E-state index < -0.39 is 9.84 Å². The van der Waals surface area contributed by atoms with Crippen LogP contribution in [0.15, 0.2) is 0 Å². The van der Waals surface area contributed by atoms with Gasteiger partial charge in [0.25, 0.3) is 0 Å². The summed E-state index contributed by atoms with van der Waals surface area (Å²) in [6.45, 7) is 7.65. The second kappa shape index (κ2) is 5.47. The number of nitrogens with one attached hydrogen (secondary N) is 1. The Bertz CT molecular complexity index is 362. The van der Waals surface area contributed by atoms with Crippen LogP contribution in [0.2, 0.25) is 0 Å². The molecular weight excluding hydrogens is 248 g/mol. The minimum absolute atomic E-state index is 0.245. The summed E-state index contributed by atoms with van der Waals surface area (Å²) in [5.41, 5.74) is 0.245. The van der Waals surface area contributed by atoms with E-state index in [1.165, 1.54) is 0 Å². The summed E-state index contributed by atoms with van der Waals surface area (Å²) in [5.74, 6) is 0.764. The predicted molar refractivity (Wildman–Crippen MR) is 74.6 cm³/mol. The van der Waals surface area contributed by atoms with Crippen LogP contribution in [-0.2, 0) is 9.84 Å². The molecular formula is C13H26N2O2S. The van der Waals surface area contributed by atoms with Crippen molar-refractivity contribution < 1.29 is 8.42 Å². The Morgan fingerprint density at radius 3 is 2.39 bits per heavy atom. The summed E-state index contributed by atoms with van der Waals surface area (Å²) in [6.07, 6.45) is 3.94. The Labute approximate surface area is 111 Å². The lowest BCUT2D eigenvalue weighted by molar-refractivity contribution is 0.0809. The van der Waals surface area contributed by atoms with E-state index >= 15 is 0 Å². The van der Waals surface area contributed by atoms with E-state index in [0.29, 0.717) is 17.5 Å². The highest BCUT2D eigenvalue weighted by molar-refractivity contribution is 7.91. The fourth-order valence-corrected chi connectivity index (χ4v) is 4.73. The molecule has 2 aliphatic rings. The smallest absolute Gasteiger partial charge is 0.150 e. The SMILES string of the molecule is CCC1(CC)CN(C2CCS(=O)(=O)CC2)CCN1. The van der Waals surface area contributed by atoms with Crippen molar-refractivity contribution in [3.8, 4) is 0 Å². The van der Waals surface area contributed by atoms with E-state index in [9.17, 15) is 8.42 Å². The van der Waals surface area contributed by atoms with Gasteiger partial charge in [0.15, 0.2) is 0 Å². The molecule has 2 rings (SSSR count). The first-order chi connectivity index (χ1) is 8.50. The summed E-state index contributed by atoms with van der Waals surface area (Å²) >= 11 is 0. The van der Waals surface area contributed by atoms with Crippen LogP contribution in [0.5, 0.6) is 0 Å². The molecule has 2 saturated heterocycles.